The highest BCUT2D eigenvalue weighted by atomic mass is 16.4. The molecule has 62 valence electrons. The molecule has 0 unspecified atom stereocenters. The molecule has 0 rings (SSSR count). The molecule has 0 heterocycles. The van der Waals surface area contributed by atoms with E-state index in [4.69, 9.17) is 5.11 Å². The Balaban J connectivity index is 3.75. The van der Waals surface area contributed by atoms with Crippen LogP contribution in [0.15, 0.2) is 4.99 Å². The minimum atomic E-state index is -1.53. The van der Waals surface area contributed by atoms with Crippen molar-refractivity contribution in [3.05, 3.63) is 0 Å². The van der Waals surface area contributed by atoms with Crippen LogP contribution in [0.4, 0.5) is 0 Å². The van der Waals surface area contributed by atoms with Crippen molar-refractivity contribution in [2.24, 2.45) is 4.99 Å². The van der Waals surface area contributed by atoms with E-state index in [-0.39, 0.29) is 0 Å². The molecular formula is C6H10N2O3. The lowest BCUT2D eigenvalue weighted by Crippen LogP contribution is -2.16. The van der Waals surface area contributed by atoms with Crippen molar-refractivity contribution < 1.29 is 14.7 Å². The van der Waals surface area contributed by atoms with Gasteiger partial charge in [-0.05, 0) is 14.1 Å². The first-order valence-corrected chi connectivity index (χ1v) is 2.98. The van der Waals surface area contributed by atoms with Crippen LogP contribution in [-0.2, 0) is 9.59 Å². The third-order valence-corrected chi connectivity index (χ3v) is 0.838. The van der Waals surface area contributed by atoms with Gasteiger partial charge in [-0.2, -0.15) is 0 Å². The molecule has 11 heavy (non-hydrogen) atoms. The van der Waals surface area contributed by atoms with Crippen LogP contribution in [0.25, 0.3) is 0 Å². The Labute approximate surface area is 64.3 Å². The lowest BCUT2D eigenvalue weighted by atomic mass is 10.6. The summed E-state index contributed by atoms with van der Waals surface area (Å²) in [4.78, 5) is 25.1. The topological polar surface area (TPSA) is 70.0 Å². The van der Waals surface area contributed by atoms with Crippen LogP contribution in [0.2, 0.25) is 0 Å². The standard InChI is InChI=1S/C6H10N2O3/c1-8(2)4-3-7-5(9)6(10)11/h3H,4H2,1-2H3,(H,10,11). The number of carboxylic acid groups (broad SMARTS) is 1. The predicted molar refractivity (Wildman–Crippen MR) is 39.7 cm³/mol. The molecule has 0 atom stereocenters. The van der Waals surface area contributed by atoms with E-state index < -0.39 is 11.9 Å². The van der Waals surface area contributed by atoms with Crippen molar-refractivity contribution in [3.63, 3.8) is 0 Å². The van der Waals surface area contributed by atoms with Crippen LogP contribution < -0.4 is 0 Å². The van der Waals surface area contributed by atoms with E-state index in [1.807, 2.05) is 0 Å². The van der Waals surface area contributed by atoms with Gasteiger partial charge in [0.1, 0.15) is 0 Å². The molecule has 1 amide bonds. The van der Waals surface area contributed by atoms with Gasteiger partial charge < -0.3 is 10.0 Å². The van der Waals surface area contributed by atoms with Crippen molar-refractivity contribution in [1.29, 1.82) is 0 Å². The van der Waals surface area contributed by atoms with Crippen LogP contribution in [0.5, 0.6) is 0 Å². The maximum atomic E-state index is 10.3. The molecule has 0 aromatic heterocycles. The van der Waals surface area contributed by atoms with Gasteiger partial charge in [0.25, 0.3) is 0 Å². The van der Waals surface area contributed by atoms with E-state index in [2.05, 4.69) is 4.99 Å². The third-order valence-electron chi connectivity index (χ3n) is 0.838. The van der Waals surface area contributed by atoms with Gasteiger partial charge in [-0.15, -0.1) is 0 Å². The lowest BCUT2D eigenvalue weighted by Gasteiger charge is -2.01. The molecule has 0 radical (unpaired) electrons. The summed E-state index contributed by atoms with van der Waals surface area (Å²) in [5.74, 6) is -2.66. The Kier molecular flexibility index (Phi) is 4.05. The summed E-state index contributed by atoms with van der Waals surface area (Å²) >= 11 is 0. The highest BCUT2D eigenvalue weighted by Crippen LogP contribution is 1.74. The first-order valence-electron chi connectivity index (χ1n) is 2.98. The maximum absolute atomic E-state index is 10.3. The van der Waals surface area contributed by atoms with Crippen molar-refractivity contribution in [1.82, 2.24) is 4.90 Å². The number of carboxylic acids is 1. The first-order chi connectivity index (χ1) is 5.04. The molecule has 0 saturated heterocycles. The average molecular weight is 158 g/mol. The maximum Gasteiger partial charge on any atom is 0.396 e. The largest absolute Gasteiger partial charge is 0.474 e. The second-order valence-corrected chi connectivity index (χ2v) is 2.18. The number of hydrogen-bond donors (Lipinski definition) is 1. The highest BCUT2D eigenvalue weighted by Gasteiger charge is 2.06. The van der Waals surface area contributed by atoms with Crippen molar-refractivity contribution in [2.75, 3.05) is 20.6 Å². The van der Waals surface area contributed by atoms with Gasteiger partial charge in [0.2, 0.25) is 0 Å². The minimum absolute atomic E-state index is 0.457. The minimum Gasteiger partial charge on any atom is -0.474 e. The summed E-state index contributed by atoms with van der Waals surface area (Å²) in [6.07, 6.45) is 1.26. The first kappa shape index (κ1) is 9.77. The molecule has 5 nitrogen and oxygen atoms in total. The van der Waals surface area contributed by atoms with Gasteiger partial charge in [-0.3, -0.25) is 4.79 Å². The zero-order valence-electron chi connectivity index (χ0n) is 6.44. The second kappa shape index (κ2) is 4.56. The molecule has 0 aliphatic heterocycles. The van der Waals surface area contributed by atoms with Crippen LogP contribution in [0.1, 0.15) is 0 Å². The van der Waals surface area contributed by atoms with Gasteiger partial charge in [-0.25, -0.2) is 9.79 Å². The summed E-state index contributed by atoms with van der Waals surface area (Å²) < 4.78 is 0. The number of aliphatic imine (C=N–C) groups is 1. The summed E-state index contributed by atoms with van der Waals surface area (Å²) in [6, 6.07) is 0. The summed E-state index contributed by atoms with van der Waals surface area (Å²) in [7, 11) is 3.58. The number of hydrogen-bond acceptors (Lipinski definition) is 3. The quantitative estimate of drug-likeness (QED) is 0.423. The van der Waals surface area contributed by atoms with Crippen LogP contribution >= 0.6 is 0 Å². The third kappa shape index (κ3) is 5.23. The summed E-state index contributed by atoms with van der Waals surface area (Å²) in [5, 5.41) is 8.07. The molecule has 0 aliphatic rings. The second-order valence-electron chi connectivity index (χ2n) is 2.18. The highest BCUT2D eigenvalue weighted by molar-refractivity contribution is 6.33. The van der Waals surface area contributed by atoms with Gasteiger partial charge in [-0.1, -0.05) is 0 Å². The van der Waals surface area contributed by atoms with Crippen LogP contribution in [-0.4, -0.2) is 48.7 Å². The van der Waals surface area contributed by atoms with Gasteiger partial charge in [0.15, 0.2) is 0 Å². The van der Waals surface area contributed by atoms with E-state index in [0.717, 1.165) is 0 Å². The molecule has 1 N–H and O–H groups in total. The number of aliphatic carboxylic acids is 1. The molecule has 0 aromatic rings. The Bertz CT molecular complexity index is 186. The number of rotatable bonds is 2. The summed E-state index contributed by atoms with van der Waals surface area (Å²) in [6.45, 7) is 0.457. The molecular weight excluding hydrogens is 148 g/mol. The van der Waals surface area contributed by atoms with Gasteiger partial charge >= 0.3 is 11.9 Å². The molecule has 0 fully saturated rings. The lowest BCUT2D eigenvalue weighted by molar-refractivity contribution is -0.148. The van der Waals surface area contributed by atoms with Crippen LogP contribution in [0.3, 0.4) is 0 Å². The van der Waals surface area contributed by atoms with Crippen molar-refractivity contribution in [2.45, 2.75) is 0 Å². The number of carbonyl (C=O) groups excluding carboxylic acids is 1. The Hall–Kier alpha value is -1.23. The monoisotopic (exact) mass is 158 g/mol. The fourth-order valence-corrected chi connectivity index (χ4v) is 0.342. The Morgan fingerprint density at radius 1 is 1.55 bits per heavy atom. The van der Waals surface area contributed by atoms with E-state index >= 15 is 0 Å². The van der Waals surface area contributed by atoms with Gasteiger partial charge in [0, 0.05) is 12.8 Å². The fraction of sp³-hybridized carbons (Fsp3) is 0.500. The number of nitrogens with zero attached hydrogens (tertiary/aromatic N) is 2. The Morgan fingerprint density at radius 3 is 2.45 bits per heavy atom. The predicted octanol–water partition coefficient (Wildman–Crippen LogP) is -0.770. The van der Waals surface area contributed by atoms with Gasteiger partial charge in [0.05, 0.1) is 0 Å². The van der Waals surface area contributed by atoms with E-state index in [9.17, 15) is 9.59 Å². The molecule has 5 heteroatoms. The fourth-order valence-electron chi connectivity index (χ4n) is 0.342. The molecule has 0 aliphatic carbocycles. The van der Waals surface area contributed by atoms with Crippen molar-refractivity contribution >= 4 is 18.1 Å². The SMILES string of the molecule is CN(C)CC=NC(=O)C(=O)O. The van der Waals surface area contributed by atoms with Crippen molar-refractivity contribution in [3.8, 4) is 0 Å². The molecule has 0 aromatic carbocycles. The Morgan fingerprint density at radius 2 is 2.09 bits per heavy atom. The molecule has 0 bridgehead atoms. The van der Waals surface area contributed by atoms with E-state index in [1.54, 1.807) is 19.0 Å². The zero-order valence-corrected chi connectivity index (χ0v) is 6.44. The molecule has 0 spiro atoms. The normalized spacial score (nSPS) is 10.8. The smallest absolute Gasteiger partial charge is 0.396 e. The zero-order chi connectivity index (χ0) is 8.85. The van der Waals surface area contributed by atoms with E-state index in [0.29, 0.717) is 6.54 Å². The number of carbonyl (C=O) groups is 2. The number of amides is 1. The summed E-state index contributed by atoms with van der Waals surface area (Å²) in [5.41, 5.74) is 0. The van der Waals surface area contributed by atoms with E-state index in [1.165, 1.54) is 6.21 Å². The molecule has 0 saturated carbocycles. The average Bonchev–Trinajstić information content (AvgIpc) is 1.86. The van der Waals surface area contributed by atoms with Crippen LogP contribution in [0, 0.1) is 0 Å².